The Morgan fingerprint density at radius 2 is 2.00 bits per heavy atom. The van der Waals surface area contributed by atoms with Crippen LogP contribution in [-0.2, 0) is 4.79 Å². The molecular weight excluding hydrogens is 382 g/mol. The third kappa shape index (κ3) is 2.88. The maximum absolute atomic E-state index is 12.9. The predicted molar refractivity (Wildman–Crippen MR) is 111 cm³/mol. The standard InChI is InChI=1S/C22H19N5O3/c1-13-6-2-3-9-16(13)21-24-22-23-17-10-5-11-18(28)19(17)20(26(22)25-21)14-7-4-8-15(12-14)27(29)30/h2-4,6-9,12,20H,5,10-11H2,1H3,(H,23,24,25). The summed E-state index contributed by atoms with van der Waals surface area (Å²) in [6.07, 6.45) is 1.96. The number of carbonyl (C=O) groups excluding carboxylic acids is 1. The number of nitrogens with zero attached hydrogens (tertiary/aromatic N) is 4. The van der Waals surface area contributed by atoms with E-state index in [9.17, 15) is 14.9 Å². The molecule has 30 heavy (non-hydrogen) atoms. The van der Waals surface area contributed by atoms with E-state index >= 15 is 0 Å². The molecule has 0 saturated heterocycles. The molecule has 0 spiro atoms. The Bertz CT molecular complexity index is 1230. The molecule has 1 atom stereocenters. The molecule has 3 aromatic rings. The summed E-state index contributed by atoms with van der Waals surface area (Å²) in [6.45, 7) is 1.99. The molecule has 1 aromatic heterocycles. The van der Waals surface area contributed by atoms with Gasteiger partial charge in [-0.15, -0.1) is 5.10 Å². The third-order valence-electron chi connectivity index (χ3n) is 5.65. The van der Waals surface area contributed by atoms with Gasteiger partial charge in [0.25, 0.3) is 5.69 Å². The van der Waals surface area contributed by atoms with E-state index in [0.717, 1.165) is 29.7 Å². The number of Topliss-reactive ketones (excluding diaryl/α,β-unsaturated/α-hetero) is 1. The summed E-state index contributed by atoms with van der Waals surface area (Å²) >= 11 is 0. The molecule has 0 bridgehead atoms. The van der Waals surface area contributed by atoms with Crippen molar-refractivity contribution >= 4 is 17.4 Å². The molecule has 0 saturated carbocycles. The van der Waals surface area contributed by atoms with Gasteiger partial charge in [0.15, 0.2) is 11.6 Å². The number of ketones is 1. The van der Waals surface area contributed by atoms with Crippen molar-refractivity contribution in [3.63, 3.8) is 0 Å². The highest BCUT2D eigenvalue weighted by Crippen LogP contribution is 2.41. The number of aromatic nitrogens is 3. The second kappa shape index (κ2) is 6.91. The normalized spacial score (nSPS) is 17.9. The number of hydrogen-bond acceptors (Lipinski definition) is 6. The molecular formula is C22H19N5O3. The molecule has 2 aromatic carbocycles. The van der Waals surface area contributed by atoms with Crippen molar-refractivity contribution in [3.8, 4) is 11.4 Å². The zero-order chi connectivity index (χ0) is 20.8. The maximum Gasteiger partial charge on any atom is 0.269 e. The van der Waals surface area contributed by atoms with Crippen LogP contribution in [0.3, 0.4) is 0 Å². The average Bonchev–Trinajstić information content (AvgIpc) is 3.16. The van der Waals surface area contributed by atoms with Gasteiger partial charge in [0, 0.05) is 35.4 Å². The molecule has 8 nitrogen and oxygen atoms in total. The number of anilines is 1. The van der Waals surface area contributed by atoms with E-state index in [1.54, 1.807) is 16.8 Å². The van der Waals surface area contributed by atoms with Gasteiger partial charge in [-0.05, 0) is 30.9 Å². The van der Waals surface area contributed by atoms with Gasteiger partial charge >= 0.3 is 0 Å². The van der Waals surface area contributed by atoms with Crippen LogP contribution in [0.5, 0.6) is 0 Å². The van der Waals surface area contributed by atoms with Gasteiger partial charge in [-0.25, -0.2) is 4.68 Å². The van der Waals surface area contributed by atoms with Crippen LogP contribution in [-0.4, -0.2) is 25.5 Å². The quantitative estimate of drug-likeness (QED) is 0.522. The van der Waals surface area contributed by atoms with Crippen molar-refractivity contribution in [1.29, 1.82) is 0 Å². The topological polar surface area (TPSA) is 103 Å². The number of carbonyl (C=O) groups is 1. The van der Waals surface area contributed by atoms with Gasteiger partial charge in [0.1, 0.15) is 6.04 Å². The van der Waals surface area contributed by atoms with E-state index in [1.165, 1.54) is 12.1 Å². The lowest BCUT2D eigenvalue weighted by atomic mass is 9.85. The third-order valence-corrected chi connectivity index (χ3v) is 5.65. The Morgan fingerprint density at radius 3 is 2.80 bits per heavy atom. The number of benzene rings is 2. The van der Waals surface area contributed by atoms with Crippen LogP contribution in [0.15, 0.2) is 59.8 Å². The van der Waals surface area contributed by atoms with Crippen LogP contribution in [0.4, 0.5) is 11.6 Å². The fourth-order valence-electron chi connectivity index (χ4n) is 4.21. The van der Waals surface area contributed by atoms with Crippen LogP contribution >= 0.6 is 0 Å². The zero-order valence-corrected chi connectivity index (χ0v) is 16.3. The number of aryl methyl sites for hydroxylation is 1. The minimum atomic E-state index is -0.547. The lowest BCUT2D eigenvalue weighted by Gasteiger charge is -2.32. The summed E-state index contributed by atoms with van der Waals surface area (Å²) in [4.78, 5) is 28.5. The molecule has 5 rings (SSSR count). The van der Waals surface area contributed by atoms with E-state index in [-0.39, 0.29) is 11.5 Å². The summed E-state index contributed by atoms with van der Waals surface area (Å²) in [5.74, 6) is 1.13. The number of rotatable bonds is 3. The molecule has 2 heterocycles. The van der Waals surface area contributed by atoms with Crippen molar-refractivity contribution < 1.29 is 9.72 Å². The van der Waals surface area contributed by atoms with E-state index in [2.05, 4.69) is 5.32 Å². The monoisotopic (exact) mass is 401 g/mol. The van der Waals surface area contributed by atoms with Gasteiger partial charge < -0.3 is 5.32 Å². The predicted octanol–water partition coefficient (Wildman–Crippen LogP) is 4.18. The zero-order valence-electron chi connectivity index (χ0n) is 16.3. The smallest absolute Gasteiger partial charge is 0.269 e. The highest BCUT2D eigenvalue weighted by molar-refractivity contribution is 5.99. The maximum atomic E-state index is 12.9. The van der Waals surface area contributed by atoms with E-state index in [4.69, 9.17) is 10.1 Å². The highest BCUT2D eigenvalue weighted by atomic mass is 16.6. The van der Waals surface area contributed by atoms with Crippen LogP contribution in [0.25, 0.3) is 11.4 Å². The number of allylic oxidation sites excluding steroid dienone is 2. The van der Waals surface area contributed by atoms with E-state index in [1.807, 2.05) is 31.2 Å². The molecule has 0 radical (unpaired) electrons. The highest BCUT2D eigenvalue weighted by Gasteiger charge is 2.37. The molecule has 1 N–H and O–H groups in total. The van der Waals surface area contributed by atoms with Crippen LogP contribution in [0, 0.1) is 17.0 Å². The lowest BCUT2D eigenvalue weighted by molar-refractivity contribution is -0.384. The number of nitro groups is 1. The summed E-state index contributed by atoms with van der Waals surface area (Å²) in [5.41, 5.74) is 4.03. The van der Waals surface area contributed by atoms with Crippen molar-refractivity contribution in [2.45, 2.75) is 32.2 Å². The Labute approximate surface area is 172 Å². The molecule has 0 fully saturated rings. The molecule has 1 unspecified atom stereocenters. The Kier molecular flexibility index (Phi) is 4.20. The summed E-state index contributed by atoms with van der Waals surface area (Å²) in [7, 11) is 0. The van der Waals surface area contributed by atoms with Gasteiger partial charge in [-0.2, -0.15) is 4.98 Å². The second-order valence-corrected chi connectivity index (χ2v) is 7.57. The molecule has 1 aliphatic heterocycles. The molecule has 150 valence electrons. The number of non-ortho nitro benzene ring substituents is 1. The number of hydrogen-bond donors (Lipinski definition) is 1. The van der Waals surface area contributed by atoms with Crippen LogP contribution in [0.2, 0.25) is 0 Å². The second-order valence-electron chi connectivity index (χ2n) is 7.57. The fourth-order valence-corrected chi connectivity index (χ4v) is 4.21. The van der Waals surface area contributed by atoms with Gasteiger partial charge in [-0.3, -0.25) is 14.9 Å². The van der Waals surface area contributed by atoms with Crippen LogP contribution < -0.4 is 5.32 Å². The van der Waals surface area contributed by atoms with Gasteiger partial charge in [0.05, 0.1) is 4.92 Å². The number of nitrogens with one attached hydrogen (secondary N) is 1. The minimum Gasteiger partial charge on any atom is -0.328 e. The van der Waals surface area contributed by atoms with Crippen LogP contribution in [0.1, 0.15) is 36.4 Å². The fraction of sp³-hybridized carbons (Fsp3) is 0.227. The van der Waals surface area contributed by atoms with Gasteiger partial charge in [0.2, 0.25) is 5.95 Å². The number of nitro benzene ring substituents is 1. The first-order chi connectivity index (χ1) is 14.5. The summed E-state index contributed by atoms with van der Waals surface area (Å²) in [5, 5.41) is 19.4. The Morgan fingerprint density at radius 1 is 1.17 bits per heavy atom. The first-order valence-corrected chi connectivity index (χ1v) is 9.83. The largest absolute Gasteiger partial charge is 0.328 e. The van der Waals surface area contributed by atoms with E-state index in [0.29, 0.717) is 29.3 Å². The van der Waals surface area contributed by atoms with Crippen molar-refractivity contribution in [2.75, 3.05) is 5.32 Å². The first-order valence-electron chi connectivity index (χ1n) is 9.83. The molecule has 2 aliphatic rings. The first kappa shape index (κ1) is 18.2. The van der Waals surface area contributed by atoms with Crippen molar-refractivity contribution in [2.24, 2.45) is 0 Å². The average molecular weight is 401 g/mol. The molecule has 1 aliphatic carbocycles. The summed E-state index contributed by atoms with van der Waals surface area (Å²) in [6, 6.07) is 13.7. The SMILES string of the molecule is Cc1ccccc1-c1nc2n(n1)C(c1cccc([N+](=O)[O-])c1)C1=C(CCCC1=O)N2. The van der Waals surface area contributed by atoms with Crippen molar-refractivity contribution in [3.05, 3.63) is 81.0 Å². The summed E-state index contributed by atoms with van der Waals surface area (Å²) < 4.78 is 1.68. The minimum absolute atomic E-state index is 0.0165. The molecule has 0 amide bonds. The van der Waals surface area contributed by atoms with E-state index < -0.39 is 11.0 Å². The Hall–Kier alpha value is -3.81. The van der Waals surface area contributed by atoms with Gasteiger partial charge in [-0.1, -0.05) is 36.4 Å². The number of fused-ring (bicyclic) bond motifs is 1. The Balaban J connectivity index is 1.70. The molecule has 8 heteroatoms. The lowest BCUT2D eigenvalue weighted by Crippen LogP contribution is -2.31. The van der Waals surface area contributed by atoms with Crippen molar-refractivity contribution in [1.82, 2.24) is 14.8 Å².